The molecule has 3 aromatic carbocycles. The highest BCUT2D eigenvalue weighted by molar-refractivity contribution is 5.87. The summed E-state index contributed by atoms with van der Waals surface area (Å²) in [7, 11) is 0. The van der Waals surface area contributed by atoms with Crippen LogP contribution in [0.5, 0.6) is 5.75 Å². The Hall–Kier alpha value is -4.08. The van der Waals surface area contributed by atoms with E-state index in [0.29, 0.717) is 16.9 Å². The predicted octanol–water partition coefficient (Wildman–Crippen LogP) is 6.44. The lowest BCUT2D eigenvalue weighted by Crippen LogP contribution is -2.21. The second-order valence-corrected chi connectivity index (χ2v) is 8.43. The molecule has 0 saturated heterocycles. The van der Waals surface area contributed by atoms with Gasteiger partial charge in [-0.05, 0) is 59.2 Å². The van der Waals surface area contributed by atoms with E-state index in [1.165, 1.54) is 24.3 Å². The molecule has 196 valence electrons. The fourth-order valence-electron chi connectivity index (χ4n) is 3.45. The molecule has 0 aliphatic heterocycles. The second-order valence-electron chi connectivity index (χ2n) is 8.43. The average Bonchev–Trinajstić information content (AvgIpc) is 2.81. The summed E-state index contributed by atoms with van der Waals surface area (Å²) in [6.45, 7) is 1.92. The summed E-state index contributed by atoms with van der Waals surface area (Å²) in [6, 6.07) is 14.3. The van der Waals surface area contributed by atoms with E-state index in [9.17, 15) is 26.7 Å². The minimum atomic E-state index is -4.40. The van der Waals surface area contributed by atoms with Gasteiger partial charge >= 0.3 is 18.3 Å². The van der Waals surface area contributed by atoms with Crippen LogP contribution in [0.1, 0.15) is 35.1 Å². The zero-order valence-electron chi connectivity index (χ0n) is 19.8. The van der Waals surface area contributed by atoms with Gasteiger partial charge in [-0.25, -0.2) is 4.79 Å². The smallest absolute Gasteiger partial charge is 0.426 e. The number of nitrogens with two attached hydrogens (primary N) is 2. The molecule has 1 unspecified atom stereocenters. The molecule has 0 radical (unpaired) electrons. The normalized spacial score (nSPS) is 12.9. The molecule has 5 nitrogen and oxygen atoms in total. The lowest BCUT2D eigenvalue weighted by molar-refractivity contribution is -0.185. The summed E-state index contributed by atoms with van der Waals surface area (Å²) >= 11 is 0. The van der Waals surface area contributed by atoms with Crippen molar-refractivity contribution in [2.45, 2.75) is 31.5 Å². The molecule has 0 aliphatic rings. The number of ether oxygens (including phenoxy) is 2. The zero-order valence-corrected chi connectivity index (χ0v) is 19.8. The maximum absolute atomic E-state index is 14.5. The van der Waals surface area contributed by atoms with Gasteiger partial charge in [-0.3, -0.25) is 0 Å². The molecule has 37 heavy (non-hydrogen) atoms. The maximum Gasteiger partial charge on any atom is 0.426 e. The lowest BCUT2D eigenvalue weighted by atomic mass is 10.00. The highest BCUT2D eigenvalue weighted by Gasteiger charge is 2.34. The number of carbonyl (C=O) groups excluding carboxylic acids is 1. The van der Waals surface area contributed by atoms with Crippen molar-refractivity contribution < 1.29 is 36.2 Å². The van der Waals surface area contributed by atoms with Crippen molar-refractivity contribution in [3.05, 3.63) is 95.1 Å². The van der Waals surface area contributed by atoms with E-state index in [1.54, 1.807) is 18.2 Å². The topological polar surface area (TPSA) is 87.6 Å². The van der Waals surface area contributed by atoms with Crippen LogP contribution in [-0.2, 0) is 22.1 Å². The van der Waals surface area contributed by atoms with Gasteiger partial charge in [0, 0.05) is 23.4 Å². The van der Waals surface area contributed by atoms with E-state index in [0.717, 1.165) is 42.0 Å². The number of esters is 1. The number of benzene rings is 3. The Morgan fingerprint density at radius 2 is 1.59 bits per heavy atom. The lowest BCUT2D eigenvalue weighted by Gasteiger charge is -2.18. The van der Waals surface area contributed by atoms with Gasteiger partial charge in [0.15, 0.2) is 0 Å². The Kier molecular flexibility index (Phi) is 8.42. The fourth-order valence-corrected chi connectivity index (χ4v) is 3.45. The highest BCUT2D eigenvalue weighted by Crippen LogP contribution is 2.32. The number of anilines is 2. The average molecular weight is 520 g/mol. The Balaban J connectivity index is 1.54. The number of halogens is 5. The van der Waals surface area contributed by atoms with Crippen LogP contribution < -0.4 is 16.2 Å². The van der Waals surface area contributed by atoms with Crippen LogP contribution in [0.25, 0.3) is 6.08 Å². The summed E-state index contributed by atoms with van der Waals surface area (Å²) in [5, 5.41) is 0. The second kappa shape index (κ2) is 11.3. The number of carbonyl (C=O) groups is 1. The van der Waals surface area contributed by atoms with Gasteiger partial charge in [-0.2, -0.15) is 22.0 Å². The van der Waals surface area contributed by atoms with Crippen LogP contribution in [0.15, 0.2) is 72.8 Å². The molecule has 0 spiro atoms. The molecule has 3 rings (SSSR count). The summed E-state index contributed by atoms with van der Waals surface area (Å²) in [5.74, 6) is -1.06. The van der Waals surface area contributed by atoms with Gasteiger partial charge in [-0.1, -0.05) is 37.3 Å². The summed E-state index contributed by atoms with van der Waals surface area (Å²) < 4.78 is 76.3. The third-order valence-electron chi connectivity index (χ3n) is 5.35. The largest absolute Gasteiger partial charge is 0.462 e. The molecule has 1 atom stereocenters. The van der Waals surface area contributed by atoms with Gasteiger partial charge in [0.05, 0.1) is 18.6 Å². The first-order chi connectivity index (χ1) is 17.3. The summed E-state index contributed by atoms with van der Waals surface area (Å²) in [4.78, 5) is 12.1. The molecular weight excluding hydrogens is 495 g/mol. The van der Waals surface area contributed by atoms with Gasteiger partial charge < -0.3 is 20.9 Å². The predicted molar refractivity (Wildman–Crippen MR) is 131 cm³/mol. The van der Waals surface area contributed by atoms with Gasteiger partial charge in [-0.15, -0.1) is 0 Å². The third-order valence-corrected chi connectivity index (χ3v) is 5.35. The first-order valence-corrected chi connectivity index (χ1v) is 11.2. The molecule has 0 aliphatic carbocycles. The monoisotopic (exact) mass is 520 g/mol. The van der Waals surface area contributed by atoms with Crippen molar-refractivity contribution >= 4 is 23.4 Å². The quantitative estimate of drug-likeness (QED) is 0.147. The van der Waals surface area contributed by atoms with E-state index in [2.05, 4.69) is 0 Å². The maximum atomic E-state index is 14.5. The molecular formula is C27H25F5N2O3. The van der Waals surface area contributed by atoms with Crippen LogP contribution in [0, 0.1) is 0 Å². The van der Waals surface area contributed by atoms with Crippen molar-refractivity contribution in [1.29, 1.82) is 0 Å². The van der Waals surface area contributed by atoms with Crippen molar-refractivity contribution in [2.75, 3.05) is 18.1 Å². The van der Waals surface area contributed by atoms with E-state index in [4.69, 9.17) is 20.9 Å². The molecule has 3 aromatic rings. The zero-order chi connectivity index (χ0) is 27.2. The molecule has 0 bridgehead atoms. The van der Waals surface area contributed by atoms with Crippen molar-refractivity contribution in [1.82, 2.24) is 0 Å². The van der Waals surface area contributed by atoms with E-state index < -0.39 is 30.2 Å². The first-order valence-electron chi connectivity index (χ1n) is 11.2. The standard InChI is InChI=1S/C27H25F5N2O3/c1-17(23-12-9-21(33)14-24(23)34)16-36-25(35)13-6-18-2-7-20(8-3-18)27(31,32)37-22-10-4-19(5-11-22)15-26(28,29)30/h2-14,17H,15-16,33-34H2,1H3/b13-6+. The third kappa shape index (κ3) is 8.23. The van der Waals surface area contributed by atoms with E-state index in [1.807, 2.05) is 6.92 Å². The van der Waals surface area contributed by atoms with Crippen LogP contribution in [0.4, 0.5) is 33.3 Å². The Morgan fingerprint density at radius 1 is 0.946 bits per heavy atom. The number of rotatable bonds is 9. The Labute approximate surface area is 210 Å². The number of alkyl halides is 5. The summed E-state index contributed by atoms with van der Waals surface area (Å²) in [5.41, 5.74) is 13.4. The molecule has 0 saturated carbocycles. The van der Waals surface area contributed by atoms with Gasteiger partial charge in [0.1, 0.15) is 5.75 Å². The molecule has 0 fully saturated rings. The minimum absolute atomic E-state index is 0.0679. The van der Waals surface area contributed by atoms with E-state index >= 15 is 0 Å². The number of nitrogen functional groups attached to an aromatic ring is 2. The minimum Gasteiger partial charge on any atom is -0.462 e. The van der Waals surface area contributed by atoms with E-state index in [-0.39, 0.29) is 23.8 Å². The van der Waals surface area contributed by atoms with Crippen molar-refractivity contribution in [2.24, 2.45) is 0 Å². The van der Waals surface area contributed by atoms with Gasteiger partial charge in [0.25, 0.3) is 0 Å². The molecule has 0 heterocycles. The molecule has 10 heteroatoms. The van der Waals surface area contributed by atoms with Gasteiger partial charge in [0.2, 0.25) is 0 Å². The number of hydrogen-bond acceptors (Lipinski definition) is 5. The first kappa shape index (κ1) is 27.5. The molecule has 4 N–H and O–H groups in total. The highest BCUT2D eigenvalue weighted by atomic mass is 19.4. The summed E-state index contributed by atoms with van der Waals surface area (Å²) in [6.07, 6.45) is -6.71. The van der Waals surface area contributed by atoms with Crippen molar-refractivity contribution in [3.63, 3.8) is 0 Å². The van der Waals surface area contributed by atoms with Crippen molar-refractivity contribution in [3.8, 4) is 5.75 Å². The van der Waals surface area contributed by atoms with Crippen LogP contribution in [0.3, 0.4) is 0 Å². The molecule has 0 amide bonds. The fraction of sp³-hybridized carbons (Fsp3) is 0.222. The number of hydrogen-bond donors (Lipinski definition) is 2. The van der Waals surface area contributed by atoms with Crippen LogP contribution in [-0.4, -0.2) is 18.8 Å². The van der Waals surface area contributed by atoms with Crippen LogP contribution >= 0.6 is 0 Å². The van der Waals surface area contributed by atoms with Crippen LogP contribution in [0.2, 0.25) is 0 Å². The molecule has 0 aromatic heterocycles. The SMILES string of the molecule is CC(COC(=O)/C=C/c1ccc(C(F)(F)Oc2ccc(CC(F)(F)F)cc2)cc1)c1ccc(N)cc1N. The Morgan fingerprint density at radius 3 is 2.19 bits per heavy atom. The Bertz CT molecular complexity index is 1240.